The number of rotatable bonds is 4. The summed E-state index contributed by atoms with van der Waals surface area (Å²) in [6, 6.07) is 1.76. The molecular formula is C15H23NO3S. The van der Waals surface area contributed by atoms with Crippen molar-refractivity contribution in [1.82, 2.24) is 4.72 Å². The average molecular weight is 297 g/mol. The molecular weight excluding hydrogens is 274 g/mol. The fourth-order valence-corrected chi connectivity index (χ4v) is 3.99. The highest BCUT2D eigenvalue weighted by molar-refractivity contribution is 7.89. The molecule has 1 aromatic carbocycles. The van der Waals surface area contributed by atoms with Gasteiger partial charge in [0.2, 0.25) is 10.0 Å². The van der Waals surface area contributed by atoms with Gasteiger partial charge in [0.1, 0.15) is 0 Å². The summed E-state index contributed by atoms with van der Waals surface area (Å²) in [4.78, 5) is 0.385. The monoisotopic (exact) mass is 297 g/mol. The molecule has 1 fully saturated rings. The molecule has 1 N–H and O–H groups in total. The molecule has 0 bridgehead atoms. The standard InChI is InChI=1S/C15H23NO3S/c1-10-8-15(13(4)12(3)11(10)2)20(17,18)16-9-14-6-5-7-19-14/h8,14,16H,5-7,9H2,1-4H3/t14-/m0/s1. The quantitative estimate of drug-likeness (QED) is 0.928. The van der Waals surface area contributed by atoms with Gasteiger partial charge >= 0.3 is 0 Å². The van der Waals surface area contributed by atoms with Crippen molar-refractivity contribution in [2.45, 2.75) is 51.5 Å². The molecule has 0 radical (unpaired) electrons. The molecule has 0 spiro atoms. The van der Waals surface area contributed by atoms with E-state index >= 15 is 0 Å². The van der Waals surface area contributed by atoms with Crippen molar-refractivity contribution in [2.24, 2.45) is 0 Å². The molecule has 1 saturated heterocycles. The Bertz CT molecular complexity index is 602. The Morgan fingerprint density at radius 3 is 2.50 bits per heavy atom. The third-order valence-electron chi connectivity index (χ3n) is 4.25. The second kappa shape index (κ2) is 5.84. The van der Waals surface area contributed by atoms with E-state index in [4.69, 9.17) is 4.74 Å². The summed E-state index contributed by atoms with van der Waals surface area (Å²) in [6.45, 7) is 8.88. The zero-order valence-electron chi connectivity index (χ0n) is 12.6. The summed E-state index contributed by atoms with van der Waals surface area (Å²) in [5, 5.41) is 0. The Hall–Kier alpha value is -0.910. The van der Waals surface area contributed by atoms with E-state index in [1.807, 2.05) is 27.7 Å². The molecule has 0 aliphatic carbocycles. The lowest BCUT2D eigenvalue weighted by Crippen LogP contribution is -2.32. The van der Waals surface area contributed by atoms with Crippen LogP contribution in [0.15, 0.2) is 11.0 Å². The van der Waals surface area contributed by atoms with Crippen LogP contribution in [0, 0.1) is 27.7 Å². The maximum Gasteiger partial charge on any atom is 0.240 e. The van der Waals surface area contributed by atoms with Crippen molar-refractivity contribution in [3.05, 3.63) is 28.3 Å². The smallest absolute Gasteiger partial charge is 0.240 e. The van der Waals surface area contributed by atoms with Gasteiger partial charge in [-0.3, -0.25) is 0 Å². The van der Waals surface area contributed by atoms with E-state index < -0.39 is 10.0 Å². The molecule has 0 unspecified atom stereocenters. The summed E-state index contributed by atoms with van der Waals surface area (Å²) in [7, 11) is -3.47. The Balaban J connectivity index is 2.25. The second-order valence-corrected chi connectivity index (χ2v) is 7.29. The minimum absolute atomic E-state index is 0.0118. The van der Waals surface area contributed by atoms with Crippen molar-refractivity contribution < 1.29 is 13.2 Å². The Morgan fingerprint density at radius 1 is 1.20 bits per heavy atom. The van der Waals surface area contributed by atoms with E-state index in [1.165, 1.54) is 0 Å². The average Bonchev–Trinajstić information content (AvgIpc) is 2.91. The first-order valence-electron chi connectivity index (χ1n) is 7.01. The van der Waals surface area contributed by atoms with Crippen molar-refractivity contribution >= 4 is 10.0 Å². The second-order valence-electron chi connectivity index (χ2n) is 5.55. The molecule has 112 valence electrons. The molecule has 5 heteroatoms. The first-order valence-corrected chi connectivity index (χ1v) is 8.50. The molecule has 0 aromatic heterocycles. The van der Waals surface area contributed by atoms with Crippen LogP contribution in [0.3, 0.4) is 0 Å². The molecule has 20 heavy (non-hydrogen) atoms. The SMILES string of the molecule is Cc1cc(S(=O)(=O)NC[C@@H]2CCCO2)c(C)c(C)c1C. The molecule has 1 heterocycles. The van der Waals surface area contributed by atoms with E-state index in [2.05, 4.69) is 4.72 Å². The number of hydrogen-bond donors (Lipinski definition) is 1. The van der Waals surface area contributed by atoms with Crippen LogP contribution in [-0.4, -0.2) is 27.7 Å². The normalized spacial score (nSPS) is 19.5. The maximum absolute atomic E-state index is 12.5. The van der Waals surface area contributed by atoms with Gasteiger partial charge in [-0.2, -0.15) is 0 Å². The van der Waals surface area contributed by atoms with E-state index in [0.29, 0.717) is 11.4 Å². The number of nitrogens with one attached hydrogen (secondary N) is 1. The van der Waals surface area contributed by atoms with Crippen molar-refractivity contribution in [3.63, 3.8) is 0 Å². The number of ether oxygens (including phenoxy) is 1. The fraction of sp³-hybridized carbons (Fsp3) is 0.600. The fourth-order valence-electron chi connectivity index (χ4n) is 2.54. The van der Waals surface area contributed by atoms with Gasteiger partial charge in [0.25, 0.3) is 0 Å². The third kappa shape index (κ3) is 3.05. The lowest BCUT2D eigenvalue weighted by atomic mass is 10.00. The zero-order valence-corrected chi connectivity index (χ0v) is 13.4. The molecule has 1 aliphatic rings. The molecule has 1 atom stereocenters. The van der Waals surface area contributed by atoms with Gasteiger partial charge in [-0.05, 0) is 68.9 Å². The summed E-state index contributed by atoms with van der Waals surface area (Å²) in [5.74, 6) is 0. The number of aryl methyl sites for hydroxylation is 1. The van der Waals surface area contributed by atoms with Crippen molar-refractivity contribution in [1.29, 1.82) is 0 Å². The minimum atomic E-state index is -3.47. The molecule has 0 amide bonds. The van der Waals surface area contributed by atoms with Gasteiger partial charge < -0.3 is 4.74 Å². The molecule has 0 saturated carbocycles. The lowest BCUT2D eigenvalue weighted by Gasteiger charge is -2.16. The van der Waals surface area contributed by atoms with Crippen LogP contribution in [0.25, 0.3) is 0 Å². The van der Waals surface area contributed by atoms with E-state index in [1.54, 1.807) is 6.07 Å². The molecule has 4 nitrogen and oxygen atoms in total. The van der Waals surface area contributed by atoms with Crippen LogP contribution >= 0.6 is 0 Å². The lowest BCUT2D eigenvalue weighted by molar-refractivity contribution is 0.114. The van der Waals surface area contributed by atoms with Crippen LogP contribution in [-0.2, 0) is 14.8 Å². The predicted molar refractivity (Wildman–Crippen MR) is 79.6 cm³/mol. The van der Waals surface area contributed by atoms with E-state index in [9.17, 15) is 8.42 Å². The van der Waals surface area contributed by atoms with Gasteiger partial charge in [0.15, 0.2) is 0 Å². The van der Waals surface area contributed by atoms with Crippen LogP contribution in [0.1, 0.15) is 35.1 Å². The largest absolute Gasteiger partial charge is 0.377 e. The number of sulfonamides is 1. The van der Waals surface area contributed by atoms with Crippen molar-refractivity contribution in [3.8, 4) is 0 Å². The van der Waals surface area contributed by atoms with E-state index in [0.717, 1.165) is 41.7 Å². The van der Waals surface area contributed by atoms with Crippen LogP contribution < -0.4 is 4.72 Å². The van der Waals surface area contributed by atoms with Gasteiger partial charge in [-0.25, -0.2) is 13.1 Å². The van der Waals surface area contributed by atoms with Crippen LogP contribution in [0.4, 0.5) is 0 Å². The molecule has 1 aliphatic heterocycles. The summed E-state index contributed by atoms with van der Waals surface area (Å²) in [6.07, 6.45) is 1.94. The molecule has 1 aromatic rings. The highest BCUT2D eigenvalue weighted by Gasteiger charge is 2.23. The summed E-state index contributed by atoms with van der Waals surface area (Å²) < 4.78 is 33.1. The Kier molecular flexibility index (Phi) is 4.52. The molecule has 2 rings (SSSR count). The zero-order chi connectivity index (χ0) is 14.9. The minimum Gasteiger partial charge on any atom is -0.377 e. The predicted octanol–water partition coefficient (Wildman–Crippen LogP) is 2.38. The number of hydrogen-bond acceptors (Lipinski definition) is 3. The van der Waals surface area contributed by atoms with E-state index in [-0.39, 0.29) is 6.10 Å². The topological polar surface area (TPSA) is 55.4 Å². The third-order valence-corrected chi connectivity index (χ3v) is 5.80. The summed E-state index contributed by atoms with van der Waals surface area (Å²) >= 11 is 0. The van der Waals surface area contributed by atoms with Gasteiger partial charge in [-0.15, -0.1) is 0 Å². The highest BCUT2D eigenvalue weighted by atomic mass is 32.2. The Labute approximate surface area is 121 Å². The first-order chi connectivity index (χ1) is 9.33. The van der Waals surface area contributed by atoms with Crippen LogP contribution in [0.2, 0.25) is 0 Å². The maximum atomic E-state index is 12.5. The first kappa shape index (κ1) is 15.5. The van der Waals surface area contributed by atoms with Gasteiger partial charge in [0.05, 0.1) is 11.0 Å². The Morgan fingerprint density at radius 2 is 1.90 bits per heavy atom. The summed E-state index contributed by atoms with van der Waals surface area (Å²) in [5.41, 5.74) is 4.03. The van der Waals surface area contributed by atoms with Crippen LogP contribution in [0.5, 0.6) is 0 Å². The van der Waals surface area contributed by atoms with Gasteiger partial charge in [0, 0.05) is 13.2 Å². The van der Waals surface area contributed by atoms with Gasteiger partial charge in [-0.1, -0.05) is 0 Å². The van der Waals surface area contributed by atoms with Crippen molar-refractivity contribution in [2.75, 3.05) is 13.2 Å². The number of benzene rings is 1. The highest BCUT2D eigenvalue weighted by Crippen LogP contribution is 2.24.